The van der Waals surface area contributed by atoms with E-state index < -0.39 is 0 Å². The van der Waals surface area contributed by atoms with Gasteiger partial charge in [-0.3, -0.25) is 4.79 Å². The zero-order valence-corrected chi connectivity index (χ0v) is 19.7. The molecule has 2 heterocycles. The number of hydrogen-bond donors (Lipinski definition) is 1. The molecule has 0 spiro atoms. The highest BCUT2D eigenvalue weighted by Crippen LogP contribution is 2.37. The topological polar surface area (TPSA) is 54.5 Å². The lowest BCUT2D eigenvalue weighted by Crippen LogP contribution is -2.38. The zero-order chi connectivity index (χ0) is 21.1. The number of aromatic nitrogens is 1. The third-order valence-corrected chi connectivity index (χ3v) is 7.20. The average molecular weight is 488 g/mol. The maximum Gasteiger partial charge on any atom is 0.227 e. The summed E-state index contributed by atoms with van der Waals surface area (Å²) in [4.78, 5) is 19.8. The van der Waals surface area contributed by atoms with Crippen LogP contribution in [0.25, 0.3) is 10.2 Å². The van der Waals surface area contributed by atoms with Crippen LogP contribution in [0, 0.1) is 5.92 Å². The highest BCUT2D eigenvalue weighted by Gasteiger charge is 2.26. The predicted molar refractivity (Wildman–Crippen MR) is 128 cm³/mol. The van der Waals surface area contributed by atoms with Crippen LogP contribution in [-0.4, -0.2) is 30.6 Å². The second-order valence-electron chi connectivity index (χ2n) is 7.48. The maximum atomic E-state index is 12.7. The van der Waals surface area contributed by atoms with E-state index in [1.807, 2.05) is 31.2 Å². The summed E-state index contributed by atoms with van der Waals surface area (Å²) in [6.07, 6.45) is 2.67. The van der Waals surface area contributed by atoms with E-state index in [0.717, 1.165) is 63.6 Å². The van der Waals surface area contributed by atoms with Crippen molar-refractivity contribution >= 4 is 54.2 Å². The number of halogens is 1. The summed E-state index contributed by atoms with van der Waals surface area (Å²) >= 11 is 5.25. The summed E-state index contributed by atoms with van der Waals surface area (Å²) in [5.41, 5.74) is 3.12. The summed E-state index contributed by atoms with van der Waals surface area (Å²) in [6.45, 7) is 6.42. The van der Waals surface area contributed by atoms with Gasteiger partial charge in [0.15, 0.2) is 5.13 Å². The van der Waals surface area contributed by atoms with Gasteiger partial charge in [-0.2, -0.15) is 0 Å². The van der Waals surface area contributed by atoms with Gasteiger partial charge in [-0.05, 0) is 65.9 Å². The van der Waals surface area contributed by atoms with E-state index in [0.29, 0.717) is 6.61 Å². The smallest absolute Gasteiger partial charge is 0.227 e. The number of piperidine rings is 1. The van der Waals surface area contributed by atoms with E-state index in [-0.39, 0.29) is 11.8 Å². The standard InChI is InChI=1S/C23H26BrN3O2S/c1-3-15-5-7-17(8-6-15)25-22(28)16-9-11-27(12-10-16)23-26-19-13-18(24)20(29-4-2)14-21(19)30-23/h5-8,13-14,16H,3-4,9-12H2,1-2H3,(H,25,28). The molecule has 1 saturated heterocycles. The van der Waals surface area contributed by atoms with Gasteiger partial charge in [0.05, 0.1) is 21.3 Å². The van der Waals surface area contributed by atoms with Gasteiger partial charge in [0.1, 0.15) is 5.75 Å². The first-order valence-corrected chi connectivity index (χ1v) is 12.1. The second-order valence-corrected chi connectivity index (χ2v) is 9.34. The lowest BCUT2D eigenvalue weighted by Gasteiger charge is -2.31. The average Bonchev–Trinajstić information content (AvgIpc) is 3.17. The minimum Gasteiger partial charge on any atom is -0.493 e. The van der Waals surface area contributed by atoms with Crippen LogP contribution in [0.5, 0.6) is 5.75 Å². The van der Waals surface area contributed by atoms with Crippen molar-refractivity contribution in [3.8, 4) is 5.75 Å². The first-order valence-electron chi connectivity index (χ1n) is 10.4. The first-order chi connectivity index (χ1) is 14.6. The number of nitrogens with zero attached hydrogens (tertiary/aromatic N) is 2. The molecule has 1 amide bonds. The van der Waals surface area contributed by atoms with E-state index in [9.17, 15) is 4.79 Å². The molecule has 1 N–H and O–H groups in total. The van der Waals surface area contributed by atoms with Crippen molar-refractivity contribution in [2.45, 2.75) is 33.1 Å². The highest BCUT2D eigenvalue weighted by atomic mass is 79.9. The minimum absolute atomic E-state index is 0.0418. The Morgan fingerprint density at radius 1 is 1.23 bits per heavy atom. The fraction of sp³-hybridized carbons (Fsp3) is 0.391. The maximum absolute atomic E-state index is 12.7. The van der Waals surface area contributed by atoms with Crippen LogP contribution in [0.3, 0.4) is 0 Å². The molecule has 1 aromatic heterocycles. The number of amides is 1. The Labute approximate surface area is 189 Å². The van der Waals surface area contributed by atoms with Crippen molar-refractivity contribution in [1.82, 2.24) is 4.98 Å². The Morgan fingerprint density at radius 3 is 2.63 bits per heavy atom. The van der Waals surface area contributed by atoms with Gasteiger partial charge in [0, 0.05) is 30.8 Å². The number of thiazole rings is 1. The van der Waals surface area contributed by atoms with E-state index in [4.69, 9.17) is 9.72 Å². The predicted octanol–water partition coefficient (Wildman–Crippen LogP) is 5.88. The quantitative estimate of drug-likeness (QED) is 0.471. The number of fused-ring (bicyclic) bond motifs is 1. The van der Waals surface area contributed by atoms with Crippen LogP contribution >= 0.6 is 27.3 Å². The van der Waals surface area contributed by atoms with Crippen molar-refractivity contribution in [2.24, 2.45) is 5.92 Å². The van der Waals surface area contributed by atoms with Gasteiger partial charge in [0.2, 0.25) is 5.91 Å². The Morgan fingerprint density at radius 2 is 1.97 bits per heavy atom. The molecule has 4 rings (SSSR count). The number of aryl methyl sites for hydroxylation is 1. The fourth-order valence-electron chi connectivity index (χ4n) is 3.72. The van der Waals surface area contributed by atoms with Gasteiger partial charge >= 0.3 is 0 Å². The lowest BCUT2D eigenvalue weighted by molar-refractivity contribution is -0.120. The van der Waals surface area contributed by atoms with Crippen molar-refractivity contribution in [3.05, 3.63) is 46.4 Å². The summed E-state index contributed by atoms with van der Waals surface area (Å²) in [5.74, 6) is 1.01. The Kier molecular flexibility index (Phi) is 6.58. The van der Waals surface area contributed by atoms with E-state index in [2.05, 4.69) is 45.2 Å². The Hall–Kier alpha value is -2.12. The van der Waals surface area contributed by atoms with E-state index >= 15 is 0 Å². The van der Waals surface area contributed by atoms with Gasteiger partial charge < -0.3 is 15.0 Å². The molecule has 30 heavy (non-hydrogen) atoms. The molecule has 0 unspecified atom stereocenters. The molecule has 158 valence electrons. The molecule has 7 heteroatoms. The largest absolute Gasteiger partial charge is 0.493 e. The molecule has 0 aliphatic carbocycles. The van der Waals surface area contributed by atoms with Gasteiger partial charge in [0.25, 0.3) is 0 Å². The molecule has 1 fully saturated rings. The molecule has 0 radical (unpaired) electrons. The summed E-state index contributed by atoms with van der Waals surface area (Å²) < 4.78 is 7.72. The van der Waals surface area contributed by atoms with Crippen molar-refractivity contribution < 1.29 is 9.53 Å². The summed E-state index contributed by atoms with van der Waals surface area (Å²) in [7, 11) is 0. The van der Waals surface area contributed by atoms with Gasteiger partial charge in [-0.1, -0.05) is 30.4 Å². The van der Waals surface area contributed by atoms with Crippen LogP contribution in [0.4, 0.5) is 10.8 Å². The van der Waals surface area contributed by atoms with Crippen molar-refractivity contribution in [1.29, 1.82) is 0 Å². The summed E-state index contributed by atoms with van der Waals surface area (Å²) in [6, 6.07) is 12.2. The number of hydrogen-bond acceptors (Lipinski definition) is 5. The number of anilines is 2. The number of benzene rings is 2. The second kappa shape index (κ2) is 9.35. The van der Waals surface area contributed by atoms with Crippen LogP contribution in [-0.2, 0) is 11.2 Å². The molecule has 3 aromatic rings. The lowest BCUT2D eigenvalue weighted by atomic mass is 9.96. The minimum atomic E-state index is 0.0418. The first kappa shape index (κ1) is 21.1. The van der Waals surface area contributed by atoms with Crippen LogP contribution in [0.2, 0.25) is 0 Å². The normalized spacial score (nSPS) is 14.8. The number of carbonyl (C=O) groups is 1. The molecular formula is C23H26BrN3O2S. The monoisotopic (exact) mass is 487 g/mol. The third-order valence-electron chi connectivity index (χ3n) is 5.50. The molecule has 0 saturated carbocycles. The number of nitrogens with one attached hydrogen (secondary N) is 1. The number of carbonyl (C=O) groups excluding carboxylic acids is 1. The molecule has 0 atom stereocenters. The van der Waals surface area contributed by atoms with Crippen molar-refractivity contribution in [3.63, 3.8) is 0 Å². The van der Waals surface area contributed by atoms with Gasteiger partial charge in [-0.15, -0.1) is 0 Å². The molecular weight excluding hydrogens is 462 g/mol. The molecule has 1 aliphatic heterocycles. The summed E-state index contributed by atoms with van der Waals surface area (Å²) in [5, 5.41) is 4.09. The van der Waals surface area contributed by atoms with Gasteiger partial charge in [-0.25, -0.2) is 4.98 Å². The Balaban J connectivity index is 1.38. The zero-order valence-electron chi connectivity index (χ0n) is 17.3. The van der Waals surface area contributed by atoms with E-state index in [1.54, 1.807) is 11.3 Å². The Bertz CT molecular complexity index is 1030. The molecule has 1 aliphatic rings. The van der Waals surface area contributed by atoms with Crippen LogP contribution < -0.4 is 15.0 Å². The SMILES string of the molecule is CCOc1cc2sc(N3CCC(C(=O)Nc4ccc(CC)cc4)CC3)nc2cc1Br. The van der Waals surface area contributed by atoms with Crippen LogP contribution in [0.15, 0.2) is 40.9 Å². The number of rotatable bonds is 6. The molecule has 5 nitrogen and oxygen atoms in total. The number of ether oxygens (including phenoxy) is 1. The van der Waals surface area contributed by atoms with Crippen molar-refractivity contribution in [2.75, 3.05) is 29.9 Å². The van der Waals surface area contributed by atoms with Crippen LogP contribution in [0.1, 0.15) is 32.3 Å². The molecule has 2 aromatic carbocycles. The highest BCUT2D eigenvalue weighted by molar-refractivity contribution is 9.10. The third kappa shape index (κ3) is 4.62. The fourth-order valence-corrected chi connectivity index (χ4v) is 5.19. The molecule has 0 bridgehead atoms. The van der Waals surface area contributed by atoms with E-state index in [1.165, 1.54) is 5.56 Å².